The van der Waals surface area contributed by atoms with E-state index in [0.717, 1.165) is 59.5 Å². The van der Waals surface area contributed by atoms with Crippen LogP contribution in [0.4, 0.5) is 0 Å². The number of likely N-dealkylation sites (tertiary alicyclic amines) is 1. The van der Waals surface area contributed by atoms with E-state index in [2.05, 4.69) is 27.8 Å². The second kappa shape index (κ2) is 9.24. The molecule has 0 saturated carbocycles. The van der Waals surface area contributed by atoms with Crippen LogP contribution in [0.2, 0.25) is 0 Å². The minimum Gasteiger partial charge on any atom is -0.486 e. The van der Waals surface area contributed by atoms with E-state index >= 15 is 0 Å². The van der Waals surface area contributed by atoms with Crippen LogP contribution >= 0.6 is 11.8 Å². The molecule has 1 atom stereocenters. The molecule has 0 unspecified atom stereocenters. The van der Waals surface area contributed by atoms with Crippen LogP contribution in [0, 0.1) is 0 Å². The van der Waals surface area contributed by atoms with Crippen molar-refractivity contribution in [3.05, 3.63) is 54.1 Å². The maximum atomic E-state index is 13.2. The lowest BCUT2D eigenvalue weighted by Gasteiger charge is -2.26. The molecule has 0 bridgehead atoms. The van der Waals surface area contributed by atoms with Crippen molar-refractivity contribution in [2.45, 2.75) is 37.5 Å². The maximum Gasteiger partial charge on any atom is 0.233 e. The van der Waals surface area contributed by atoms with Crippen LogP contribution in [0.5, 0.6) is 11.5 Å². The Kier molecular flexibility index (Phi) is 6.03. The maximum absolute atomic E-state index is 13.2. The lowest BCUT2D eigenvalue weighted by atomic mass is 10.0. The second-order valence-corrected chi connectivity index (χ2v) is 8.80. The highest BCUT2D eigenvalue weighted by molar-refractivity contribution is 7.99. The summed E-state index contributed by atoms with van der Waals surface area (Å²) in [5.41, 5.74) is 2.13. The molecule has 2 aromatic carbocycles. The van der Waals surface area contributed by atoms with Crippen LogP contribution in [0.15, 0.2) is 53.7 Å². The zero-order valence-electron chi connectivity index (χ0n) is 18.1. The number of fused-ring (bicyclic) bond motifs is 1. The highest BCUT2D eigenvalue weighted by Crippen LogP contribution is 2.38. The summed E-state index contributed by atoms with van der Waals surface area (Å²) in [4.78, 5) is 15.1. The van der Waals surface area contributed by atoms with Crippen molar-refractivity contribution in [1.82, 2.24) is 19.7 Å². The molecule has 0 aliphatic carbocycles. The van der Waals surface area contributed by atoms with Gasteiger partial charge in [-0.3, -0.25) is 4.79 Å². The van der Waals surface area contributed by atoms with Crippen molar-refractivity contribution in [2.24, 2.45) is 0 Å². The number of thioether (sulfide) groups is 1. The Bertz CT molecular complexity index is 1100. The van der Waals surface area contributed by atoms with Gasteiger partial charge in [-0.25, -0.2) is 0 Å². The van der Waals surface area contributed by atoms with Crippen molar-refractivity contribution in [3.8, 4) is 22.9 Å². The number of amides is 1. The molecular weight excluding hydrogens is 424 g/mol. The topological polar surface area (TPSA) is 69.5 Å². The van der Waals surface area contributed by atoms with Gasteiger partial charge in [0.1, 0.15) is 13.2 Å². The van der Waals surface area contributed by atoms with Gasteiger partial charge >= 0.3 is 0 Å². The van der Waals surface area contributed by atoms with Gasteiger partial charge in [-0.15, -0.1) is 10.2 Å². The molecule has 1 saturated heterocycles. The number of nitrogens with zero attached hydrogens (tertiary/aromatic N) is 4. The molecule has 7 nitrogen and oxygen atoms in total. The lowest BCUT2D eigenvalue weighted by Crippen LogP contribution is -2.32. The Hall–Kier alpha value is -3.00. The van der Waals surface area contributed by atoms with Gasteiger partial charge in [0.2, 0.25) is 5.91 Å². The summed E-state index contributed by atoms with van der Waals surface area (Å²) in [7, 11) is 0. The molecule has 1 amide bonds. The van der Waals surface area contributed by atoms with Crippen LogP contribution in [-0.4, -0.2) is 51.1 Å². The lowest BCUT2D eigenvalue weighted by molar-refractivity contribution is -0.129. The van der Waals surface area contributed by atoms with Crippen LogP contribution < -0.4 is 9.47 Å². The Balaban J connectivity index is 1.29. The van der Waals surface area contributed by atoms with Crippen molar-refractivity contribution >= 4 is 17.7 Å². The fourth-order valence-electron chi connectivity index (χ4n) is 4.37. The fraction of sp³-hybridized carbons (Fsp3) is 0.375. The third-order valence-corrected chi connectivity index (χ3v) is 6.87. The predicted octanol–water partition coefficient (Wildman–Crippen LogP) is 4.19. The number of hydrogen-bond acceptors (Lipinski definition) is 6. The summed E-state index contributed by atoms with van der Waals surface area (Å²) >= 11 is 1.46. The zero-order chi connectivity index (χ0) is 21.9. The molecule has 166 valence electrons. The van der Waals surface area contributed by atoms with Crippen molar-refractivity contribution < 1.29 is 14.3 Å². The van der Waals surface area contributed by atoms with E-state index in [4.69, 9.17) is 9.47 Å². The quantitative estimate of drug-likeness (QED) is 0.525. The summed E-state index contributed by atoms with van der Waals surface area (Å²) < 4.78 is 13.4. The first-order valence-corrected chi connectivity index (χ1v) is 12.0. The molecular formula is C24H26N4O3S. The number of ether oxygens (including phenoxy) is 2. The molecule has 3 heterocycles. The summed E-state index contributed by atoms with van der Waals surface area (Å²) in [5.74, 6) is 2.85. The molecule has 1 fully saturated rings. The van der Waals surface area contributed by atoms with Crippen molar-refractivity contribution in [3.63, 3.8) is 0 Å². The molecule has 5 rings (SSSR count). The molecule has 2 aliphatic heterocycles. The monoisotopic (exact) mass is 450 g/mol. The molecule has 1 aromatic heterocycles. The van der Waals surface area contributed by atoms with E-state index in [1.807, 2.05) is 47.4 Å². The average Bonchev–Trinajstić information content (AvgIpc) is 3.50. The number of rotatable bonds is 6. The average molecular weight is 451 g/mol. The first-order valence-electron chi connectivity index (χ1n) is 11.0. The van der Waals surface area contributed by atoms with Gasteiger partial charge in [0.15, 0.2) is 22.5 Å². The molecule has 8 heteroatoms. The molecule has 0 N–H and O–H groups in total. The Labute approximate surface area is 191 Å². The van der Waals surface area contributed by atoms with E-state index < -0.39 is 0 Å². The SMILES string of the molecule is CCn1c(SCC(=O)N2CCC[C@H]2c2ccc3c(c2)OCCO3)nnc1-c1ccccc1. The van der Waals surface area contributed by atoms with Gasteiger partial charge in [0.05, 0.1) is 11.8 Å². The standard InChI is InChI=1S/C24H26N4O3S/c1-2-27-23(17-7-4-3-5-8-17)25-26-24(27)32-16-22(29)28-12-6-9-19(28)18-10-11-20-21(15-18)31-14-13-30-20/h3-5,7-8,10-11,15,19H,2,6,9,12-14,16H2,1H3/t19-/m0/s1. The normalized spacial score (nSPS) is 17.5. The number of carbonyl (C=O) groups excluding carboxylic acids is 1. The van der Waals surface area contributed by atoms with Gasteiger partial charge in [0, 0.05) is 18.7 Å². The van der Waals surface area contributed by atoms with E-state index in [9.17, 15) is 4.79 Å². The van der Waals surface area contributed by atoms with Gasteiger partial charge in [0.25, 0.3) is 0 Å². The predicted molar refractivity (Wildman–Crippen MR) is 123 cm³/mol. The fourth-order valence-corrected chi connectivity index (χ4v) is 5.26. The van der Waals surface area contributed by atoms with Gasteiger partial charge in [-0.2, -0.15) is 0 Å². The second-order valence-electron chi connectivity index (χ2n) is 7.85. The first-order chi connectivity index (χ1) is 15.7. The van der Waals surface area contributed by atoms with Crippen LogP contribution in [0.25, 0.3) is 11.4 Å². The highest BCUT2D eigenvalue weighted by Gasteiger charge is 2.31. The smallest absolute Gasteiger partial charge is 0.233 e. The molecule has 2 aliphatic rings. The van der Waals surface area contributed by atoms with Crippen molar-refractivity contribution in [1.29, 1.82) is 0 Å². The number of aromatic nitrogens is 3. The molecule has 3 aromatic rings. The van der Waals surface area contributed by atoms with E-state index in [-0.39, 0.29) is 11.9 Å². The van der Waals surface area contributed by atoms with E-state index in [1.165, 1.54) is 11.8 Å². The van der Waals surface area contributed by atoms with Gasteiger partial charge < -0.3 is 18.9 Å². The minimum absolute atomic E-state index is 0.0721. The molecule has 0 radical (unpaired) electrons. The van der Waals surface area contributed by atoms with E-state index in [0.29, 0.717) is 19.0 Å². The van der Waals surface area contributed by atoms with Crippen LogP contribution in [0.1, 0.15) is 31.4 Å². The Morgan fingerprint density at radius 2 is 1.91 bits per heavy atom. The minimum atomic E-state index is 0.0721. The van der Waals surface area contributed by atoms with Crippen molar-refractivity contribution in [2.75, 3.05) is 25.5 Å². The summed E-state index contributed by atoms with van der Waals surface area (Å²) in [6.07, 6.45) is 1.96. The Morgan fingerprint density at radius 3 is 2.72 bits per heavy atom. The number of hydrogen-bond donors (Lipinski definition) is 0. The number of carbonyl (C=O) groups is 1. The zero-order valence-corrected chi connectivity index (χ0v) is 18.9. The Morgan fingerprint density at radius 1 is 1.09 bits per heavy atom. The largest absolute Gasteiger partial charge is 0.486 e. The first kappa shape index (κ1) is 20.9. The summed E-state index contributed by atoms with van der Waals surface area (Å²) in [5, 5.41) is 9.51. The molecule has 0 spiro atoms. The molecule has 32 heavy (non-hydrogen) atoms. The van der Waals surface area contributed by atoms with E-state index in [1.54, 1.807) is 0 Å². The van der Waals surface area contributed by atoms with Crippen LogP contribution in [-0.2, 0) is 11.3 Å². The summed E-state index contributed by atoms with van der Waals surface area (Å²) in [6.45, 7) is 4.72. The van der Waals surface area contributed by atoms with Crippen LogP contribution in [0.3, 0.4) is 0 Å². The summed E-state index contributed by atoms with van der Waals surface area (Å²) in [6, 6.07) is 16.1. The third kappa shape index (κ3) is 4.07. The number of benzene rings is 2. The van der Waals surface area contributed by atoms with Gasteiger partial charge in [-0.05, 0) is 37.5 Å². The highest BCUT2D eigenvalue weighted by atomic mass is 32.2. The van der Waals surface area contributed by atoms with Gasteiger partial charge in [-0.1, -0.05) is 48.2 Å². The third-order valence-electron chi connectivity index (χ3n) is 5.91.